The van der Waals surface area contributed by atoms with Crippen LogP contribution in [0.5, 0.6) is 0 Å². The molecule has 9 nitrogen and oxygen atoms in total. The number of aromatic amines is 1. The Labute approximate surface area is 260 Å². The number of carbonyl (C=O) groups excluding carboxylic acids is 1. The van der Waals surface area contributed by atoms with E-state index in [1.807, 2.05) is 49.4 Å². The molecule has 0 spiro atoms. The summed E-state index contributed by atoms with van der Waals surface area (Å²) in [6.07, 6.45) is 4.65. The quantitative estimate of drug-likeness (QED) is 0.169. The van der Waals surface area contributed by atoms with Gasteiger partial charge in [0.05, 0.1) is 34.5 Å². The summed E-state index contributed by atoms with van der Waals surface area (Å²) >= 11 is 6.48. The average Bonchev–Trinajstić information content (AvgIpc) is 3.59. The van der Waals surface area contributed by atoms with Gasteiger partial charge < -0.3 is 20.0 Å². The van der Waals surface area contributed by atoms with Gasteiger partial charge in [0.2, 0.25) is 5.91 Å². The number of amides is 1. The first kappa shape index (κ1) is 28.3. The second-order valence-electron chi connectivity index (χ2n) is 10.7. The molecule has 7 aromatic rings. The Morgan fingerprint density at radius 2 is 1.82 bits per heavy atom. The van der Waals surface area contributed by atoms with E-state index in [1.165, 1.54) is 22.9 Å². The number of fused-ring (bicyclic) bond motifs is 4. The molecule has 4 heterocycles. The van der Waals surface area contributed by atoms with Crippen LogP contribution in [0.1, 0.15) is 24.2 Å². The minimum Gasteiger partial charge on any atom is -0.456 e. The van der Waals surface area contributed by atoms with Gasteiger partial charge in [-0.15, -0.1) is 0 Å². The summed E-state index contributed by atoms with van der Waals surface area (Å²) in [6, 6.07) is 21.1. The number of hydrogen-bond acceptors (Lipinski definition) is 6. The molecule has 0 saturated heterocycles. The van der Waals surface area contributed by atoms with Crippen LogP contribution >= 0.6 is 11.6 Å². The van der Waals surface area contributed by atoms with Gasteiger partial charge in [0.15, 0.2) is 0 Å². The largest absolute Gasteiger partial charge is 0.456 e. The van der Waals surface area contributed by atoms with Crippen molar-refractivity contribution in [3.8, 4) is 11.4 Å². The van der Waals surface area contributed by atoms with E-state index in [1.54, 1.807) is 30.6 Å². The molecule has 0 aliphatic heterocycles. The van der Waals surface area contributed by atoms with Crippen molar-refractivity contribution >= 4 is 56.0 Å². The zero-order valence-corrected chi connectivity index (χ0v) is 24.7. The van der Waals surface area contributed by atoms with Crippen LogP contribution in [-0.4, -0.2) is 25.4 Å². The van der Waals surface area contributed by atoms with E-state index in [-0.39, 0.29) is 29.7 Å². The van der Waals surface area contributed by atoms with Gasteiger partial charge in [-0.25, -0.2) is 9.37 Å². The number of pyridine rings is 1. The lowest BCUT2D eigenvalue weighted by atomic mass is 10.0. The van der Waals surface area contributed by atoms with Crippen LogP contribution in [0.25, 0.3) is 44.2 Å². The summed E-state index contributed by atoms with van der Waals surface area (Å²) in [6.45, 7) is 1.61. The maximum absolute atomic E-state index is 14.9. The fourth-order valence-electron chi connectivity index (χ4n) is 5.49. The maximum atomic E-state index is 14.9. The van der Waals surface area contributed by atoms with E-state index in [0.29, 0.717) is 10.7 Å². The van der Waals surface area contributed by atoms with Crippen molar-refractivity contribution in [1.82, 2.24) is 24.8 Å². The monoisotopic (exact) mass is 620 g/mol. The third-order valence-electron chi connectivity index (χ3n) is 7.81. The number of furan rings is 1. The summed E-state index contributed by atoms with van der Waals surface area (Å²) in [4.78, 5) is 38.8. The van der Waals surface area contributed by atoms with Gasteiger partial charge >= 0.3 is 0 Å². The molecule has 11 heteroatoms. The lowest BCUT2D eigenvalue weighted by Gasteiger charge is -2.18. The van der Waals surface area contributed by atoms with E-state index in [0.717, 1.165) is 38.4 Å². The highest BCUT2D eigenvalue weighted by atomic mass is 35.5. The minimum atomic E-state index is -0.563. The van der Waals surface area contributed by atoms with Crippen molar-refractivity contribution in [1.29, 1.82) is 0 Å². The van der Waals surface area contributed by atoms with E-state index >= 15 is 0 Å². The van der Waals surface area contributed by atoms with Crippen LogP contribution in [0.15, 0.2) is 101 Å². The number of rotatable bonds is 8. The van der Waals surface area contributed by atoms with Gasteiger partial charge in [0.25, 0.3) is 5.56 Å². The first-order valence-corrected chi connectivity index (χ1v) is 14.6. The highest BCUT2D eigenvalue weighted by molar-refractivity contribution is 6.36. The zero-order chi connectivity index (χ0) is 31.1. The lowest BCUT2D eigenvalue weighted by molar-refractivity contribution is -0.121. The van der Waals surface area contributed by atoms with Crippen molar-refractivity contribution in [3.05, 3.63) is 124 Å². The molecule has 1 atom stereocenters. The fraction of sp³-hybridized carbons (Fsp3) is 0.118. The van der Waals surface area contributed by atoms with Crippen molar-refractivity contribution < 1.29 is 13.6 Å². The number of para-hydroxylation sites is 1. The summed E-state index contributed by atoms with van der Waals surface area (Å²) in [5, 5.41) is 9.18. The third-order valence-corrected chi connectivity index (χ3v) is 8.24. The molecule has 0 saturated carbocycles. The topological polar surface area (TPSA) is 118 Å². The standard InChI is InChI=1S/C34H26ClFN6O3/c1-19(20-10-11-30-23(14-20)21-6-3-5-9-29(21)45-30)40-28-17-39-33(22-7-2-4-8-25(22)36)42(34(28)44)18-31(43)38-16-27-32(35)24-15-37-13-12-26(24)41-27/h2-15,17,19,40-41H,16,18H2,1H3,(H,38,43)/t19-/m1/s1. The molecule has 0 aliphatic carbocycles. The van der Waals surface area contributed by atoms with E-state index < -0.39 is 23.8 Å². The Balaban J connectivity index is 1.18. The summed E-state index contributed by atoms with van der Waals surface area (Å²) in [5.74, 6) is -1.01. The molecule has 3 N–H and O–H groups in total. The number of nitrogens with zero attached hydrogens (tertiary/aromatic N) is 3. The van der Waals surface area contributed by atoms with E-state index in [9.17, 15) is 14.0 Å². The first-order valence-electron chi connectivity index (χ1n) is 14.3. The fourth-order valence-corrected chi connectivity index (χ4v) is 5.76. The van der Waals surface area contributed by atoms with Crippen LogP contribution in [0.3, 0.4) is 0 Å². The number of carbonyl (C=O) groups is 1. The predicted molar refractivity (Wildman–Crippen MR) is 173 cm³/mol. The number of halogens is 2. The third kappa shape index (κ3) is 5.29. The molecule has 4 aromatic heterocycles. The molecule has 0 aliphatic rings. The van der Waals surface area contributed by atoms with Crippen molar-refractivity contribution in [2.75, 3.05) is 5.32 Å². The molecule has 45 heavy (non-hydrogen) atoms. The second kappa shape index (κ2) is 11.5. The number of nitrogens with one attached hydrogen (secondary N) is 3. The Kier molecular flexibility index (Phi) is 7.26. The van der Waals surface area contributed by atoms with Crippen molar-refractivity contribution in [2.45, 2.75) is 26.1 Å². The van der Waals surface area contributed by atoms with Gasteiger partial charge in [-0.05, 0) is 48.9 Å². The maximum Gasteiger partial charge on any atom is 0.277 e. The normalized spacial score (nSPS) is 12.2. The van der Waals surface area contributed by atoms with E-state index in [2.05, 4.69) is 25.6 Å². The number of hydrogen-bond donors (Lipinski definition) is 3. The van der Waals surface area contributed by atoms with Crippen LogP contribution in [0, 0.1) is 5.82 Å². The molecule has 224 valence electrons. The minimum absolute atomic E-state index is 0.0347. The highest BCUT2D eigenvalue weighted by Gasteiger charge is 2.20. The van der Waals surface area contributed by atoms with Crippen LogP contribution in [0.2, 0.25) is 5.02 Å². The predicted octanol–water partition coefficient (Wildman–Crippen LogP) is 6.97. The van der Waals surface area contributed by atoms with Gasteiger partial charge in [-0.1, -0.05) is 48.0 Å². The van der Waals surface area contributed by atoms with Crippen LogP contribution in [-0.2, 0) is 17.9 Å². The van der Waals surface area contributed by atoms with E-state index in [4.69, 9.17) is 16.0 Å². The molecule has 3 aromatic carbocycles. The van der Waals surface area contributed by atoms with Crippen LogP contribution in [0.4, 0.5) is 10.1 Å². The zero-order valence-electron chi connectivity index (χ0n) is 24.0. The van der Waals surface area contributed by atoms with Gasteiger partial charge in [-0.3, -0.25) is 19.1 Å². The summed E-state index contributed by atoms with van der Waals surface area (Å²) in [7, 11) is 0. The Hall–Kier alpha value is -5.48. The molecule has 7 rings (SSSR count). The van der Waals surface area contributed by atoms with Gasteiger partial charge in [0, 0.05) is 34.6 Å². The number of aromatic nitrogens is 4. The Bertz CT molecular complexity index is 2290. The van der Waals surface area contributed by atoms with Crippen molar-refractivity contribution in [3.63, 3.8) is 0 Å². The highest BCUT2D eigenvalue weighted by Crippen LogP contribution is 2.31. The molecule has 0 unspecified atom stereocenters. The van der Waals surface area contributed by atoms with Gasteiger partial charge in [-0.2, -0.15) is 0 Å². The molecule has 1 amide bonds. The summed E-state index contributed by atoms with van der Waals surface area (Å²) < 4.78 is 22.0. The Morgan fingerprint density at radius 1 is 1.02 bits per heavy atom. The molecular weight excluding hydrogens is 595 g/mol. The molecule has 0 bridgehead atoms. The molecule has 0 radical (unpaired) electrons. The SMILES string of the molecule is C[C@@H](Nc1cnc(-c2ccccc2F)n(CC(=O)NCc2[nH]c3ccncc3c2Cl)c1=O)c1ccc2oc3ccccc3c2c1. The summed E-state index contributed by atoms with van der Waals surface area (Å²) in [5.41, 5.74) is 3.61. The number of benzene rings is 3. The lowest BCUT2D eigenvalue weighted by Crippen LogP contribution is -2.34. The Morgan fingerprint density at radius 3 is 2.67 bits per heavy atom. The first-order chi connectivity index (χ1) is 21.9. The second-order valence-corrected chi connectivity index (χ2v) is 11.1. The average molecular weight is 621 g/mol. The van der Waals surface area contributed by atoms with Crippen molar-refractivity contribution in [2.24, 2.45) is 0 Å². The van der Waals surface area contributed by atoms with Crippen LogP contribution < -0.4 is 16.2 Å². The number of H-pyrrole nitrogens is 1. The smallest absolute Gasteiger partial charge is 0.277 e. The molecular formula is C34H26ClFN6O3. The molecule has 0 fully saturated rings. The number of anilines is 1. The van der Waals surface area contributed by atoms with Gasteiger partial charge in [0.1, 0.15) is 35.0 Å².